The molecule has 3 rings (SSSR count). The summed E-state index contributed by atoms with van der Waals surface area (Å²) in [6.07, 6.45) is 3.29. The van der Waals surface area contributed by atoms with Crippen LogP contribution in [0.4, 0.5) is 0 Å². The third-order valence-electron chi connectivity index (χ3n) is 4.11. The van der Waals surface area contributed by atoms with E-state index in [0.29, 0.717) is 0 Å². The molecule has 0 radical (unpaired) electrons. The lowest BCUT2D eigenvalue weighted by Crippen LogP contribution is -2.18. The molecule has 1 N–H and O–H groups in total. The molecule has 1 aromatic heterocycles. The van der Waals surface area contributed by atoms with Crippen LogP contribution in [0.25, 0.3) is 11.4 Å². The predicted octanol–water partition coefficient (Wildman–Crippen LogP) is 2.29. The molecule has 0 fully saturated rings. The molecule has 1 aliphatic heterocycles. The summed E-state index contributed by atoms with van der Waals surface area (Å²) >= 11 is 0. The lowest BCUT2D eigenvalue weighted by molar-refractivity contribution is 0.411. The maximum Gasteiger partial charge on any atom is 0.164 e. The SMILES string of the molecule is CNCCc1ccccc1-c1nnc2n1CCC(C)C2. The van der Waals surface area contributed by atoms with Crippen molar-refractivity contribution in [1.29, 1.82) is 0 Å². The van der Waals surface area contributed by atoms with Gasteiger partial charge in [0.1, 0.15) is 5.82 Å². The van der Waals surface area contributed by atoms with Crippen molar-refractivity contribution in [2.45, 2.75) is 32.7 Å². The van der Waals surface area contributed by atoms with Crippen LogP contribution in [0.3, 0.4) is 0 Å². The molecule has 4 heteroatoms. The Kier molecular flexibility index (Phi) is 3.83. The first-order valence-electron chi connectivity index (χ1n) is 7.44. The maximum atomic E-state index is 4.46. The number of fused-ring (bicyclic) bond motifs is 1. The first kappa shape index (κ1) is 13.3. The molecule has 2 heterocycles. The molecule has 0 spiro atoms. The average molecular weight is 270 g/mol. The van der Waals surface area contributed by atoms with E-state index >= 15 is 0 Å². The Hall–Kier alpha value is -1.68. The number of rotatable bonds is 4. The lowest BCUT2D eigenvalue weighted by atomic mass is 9.99. The normalized spacial score (nSPS) is 18.0. The molecule has 20 heavy (non-hydrogen) atoms. The third-order valence-corrected chi connectivity index (χ3v) is 4.11. The number of hydrogen-bond acceptors (Lipinski definition) is 3. The number of nitrogens with one attached hydrogen (secondary N) is 1. The fourth-order valence-electron chi connectivity index (χ4n) is 2.90. The van der Waals surface area contributed by atoms with Crippen LogP contribution in [0.1, 0.15) is 24.7 Å². The van der Waals surface area contributed by atoms with Gasteiger partial charge in [-0.3, -0.25) is 0 Å². The number of benzene rings is 1. The van der Waals surface area contributed by atoms with Crippen LogP contribution in [0.5, 0.6) is 0 Å². The smallest absolute Gasteiger partial charge is 0.164 e. The van der Waals surface area contributed by atoms with Crippen LogP contribution in [-0.4, -0.2) is 28.4 Å². The Balaban J connectivity index is 1.97. The van der Waals surface area contributed by atoms with Gasteiger partial charge in [-0.15, -0.1) is 10.2 Å². The van der Waals surface area contributed by atoms with Crippen molar-refractivity contribution in [2.75, 3.05) is 13.6 Å². The van der Waals surface area contributed by atoms with E-state index in [9.17, 15) is 0 Å². The highest BCUT2D eigenvalue weighted by Gasteiger charge is 2.21. The molecule has 0 bridgehead atoms. The van der Waals surface area contributed by atoms with Gasteiger partial charge in [0.15, 0.2) is 5.82 Å². The average Bonchev–Trinajstić information content (AvgIpc) is 2.88. The van der Waals surface area contributed by atoms with Crippen LogP contribution >= 0.6 is 0 Å². The monoisotopic (exact) mass is 270 g/mol. The number of nitrogens with zero attached hydrogens (tertiary/aromatic N) is 3. The molecule has 2 aromatic rings. The van der Waals surface area contributed by atoms with E-state index in [2.05, 4.69) is 51.3 Å². The largest absolute Gasteiger partial charge is 0.319 e. The second-order valence-electron chi connectivity index (χ2n) is 5.70. The summed E-state index contributed by atoms with van der Waals surface area (Å²) in [7, 11) is 1.99. The fourth-order valence-corrected chi connectivity index (χ4v) is 2.90. The van der Waals surface area contributed by atoms with Gasteiger partial charge in [0.05, 0.1) is 0 Å². The van der Waals surface area contributed by atoms with Gasteiger partial charge >= 0.3 is 0 Å². The molecule has 4 nitrogen and oxygen atoms in total. The molecule has 0 saturated carbocycles. The van der Waals surface area contributed by atoms with E-state index in [1.54, 1.807) is 0 Å². The highest BCUT2D eigenvalue weighted by Crippen LogP contribution is 2.27. The van der Waals surface area contributed by atoms with Gasteiger partial charge in [-0.05, 0) is 37.9 Å². The van der Waals surface area contributed by atoms with Crippen molar-refractivity contribution >= 4 is 0 Å². The Bertz CT molecular complexity index is 588. The van der Waals surface area contributed by atoms with Crippen molar-refractivity contribution in [3.8, 4) is 11.4 Å². The van der Waals surface area contributed by atoms with Gasteiger partial charge in [0, 0.05) is 18.5 Å². The summed E-state index contributed by atoms with van der Waals surface area (Å²) in [5.41, 5.74) is 2.58. The van der Waals surface area contributed by atoms with Gasteiger partial charge in [-0.2, -0.15) is 0 Å². The van der Waals surface area contributed by atoms with Crippen LogP contribution in [-0.2, 0) is 19.4 Å². The van der Waals surface area contributed by atoms with Gasteiger partial charge in [0.2, 0.25) is 0 Å². The van der Waals surface area contributed by atoms with Gasteiger partial charge in [-0.1, -0.05) is 31.2 Å². The van der Waals surface area contributed by atoms with E-state index in [4.69, 9.17) is 0 Å². The minimum atomic E-state index is 0.721. The summed E-state index contributed by atoms with van der Waals surface area (Å²) < 4.78 is 2.30. The lowest BCUT2D eigenvalue weighted by Gasteiger charge is -2.20. The van der Waals surface area contributed by atoms with Crippen LogP contribution in [0.15, 0.2) is 24.3 Å². The molecule has 1 unspecified atom stereocenters. The van der Waals surface area contributed by atoms with E-state index in [1.165, 1.54) is 17.5 Å². The van der Waals surface area contributed by atoms with Crippen molar-refractivity contribution in [1.82, 2.24) is 20.1 Å². The van der Waals surface area contributed by atoms with E-state index in [1.807, 2.05) is 7.05 Å². The van der Waals surface area contributed by atoms with Crippen LogP contribution < -0.4 is 5.32 Å². The number of hydrogen-bond donors (Lipinski definition) is 1. The topological polar surface area (TPSA) is 42.7 Å². The zero-order valence-corrected chi connectivity index (χ0v) is 12.3. The summed E-state index contributed by atoms with van der Waals surface area (Å²) in [6.45, 7) is 4.31. The highest BCUT2D eigenvalue weighted by molar-refractivity contribution is 5.60. The summed E-state index contributed by atoms with van der Waals surface area (Å²) in [4.78, 5) is 0. The van der Waals surface area contributed by atoms with Gasteiger partial charge < -0.3 is 9.88 Å². The summed E-state index contributed by atoms with van der Waals surface area (Å²) in [5.74, 6) is 2.90. The molecule has 0 aliphatic carbocycles. The Morgan fingerprint density at radius 2 is 2.15 bits per heavy atom. The van der Waals surface area contributed by atoms with Crippen molar-refractivity contribution in [3.63, 3.8) is 0 Å². The number of likely N-dealkylation sites (N-methyl/N-ethyl adjacent to an activating group) is 1. The summed E-state index contributed by atoms with van der Waals surface area (Å²) in [5, 5.41) is 12.1. The molecule has 1 aromatic carbocycles. The van der Waals surface area contributed by atoms with E-state index in [0.717, 1.165) is 43.5 Å². The summed E-state index contributed by atoms with van der Waals surface area (Å²) in [6, 6.07) is 8.55. The Labute approximate surface area is 120 Å². The first-order valence-corrected chi connectivity index (χ1v) is 7.44. The highest BCUT2D eigenvalue weighted by atomic mass is 15.3. The predicted molar refractivity (Wildman–Crippen MR) is 80.6 cm³/mol. The van der Waals surface area contributed by atoms with E-state index in [-0.39, 0.29) is 0 Å². The standard InChI is InChI=1S/C16H22N4/c1-12-8-10-20-15(11-12)18-19-16(20)14-6-4-3-5-13(14)7-9-17-2/h3-6,12,17H,7-11H2,1-2H3. The first-order chi connectivity index (χ1) is 9.79. The molecular weight excluding hydrogens is 248 g/mol. The second-order valence-corrected chi connectivity index (χ2v) is 5.70. The molecular formula is C16H22N4. The second kappa shape index (κ2) is 5.75. The quantitative estimate of drug-likeness (QED) is 0.927. The maximum absolute atomic E-state index is 4.46. The van der Waals surface area contributed by atoms with Crippen molar-refractivity contribution in [3.05, 3.63) is 35.7 Å². The van der Waals surface area contributed by atoms with Crippen LogP contribution in [0.2, 0.25) is 0 Å². The Morgan fingerprint density at radius 1 is 1.30 bits per heavy atom. The zero-order valence-electron chi connectivity index (χ0n) is 12.3. The molecule has 1 atom stereocenters. The van der Waals surface area contributed by atoms with Gasteiger partial charge in [0.25, 0.3) is 0 Å². The molecule has 0 amide bonds. The van der Waals surface area contributed by atoms with Crippen molar-refractivity contribution < 1.29 is 0 Å². The van der Waals surface area contributed by atoms with Crippen LogP contribution in [0, 0.1) is 5.92 Å². The van der Waals surface area contributed by atoms with E-state index < -0.39 is 0 Å². The fraction of sp³-hybridized carbons (Fsp3) is 0.500. The number of aromatic nitrogens is 3. The molecule has 0 saturated heterocycles. The minimum Gasteiger partial charge on any atom is -0.319 e. The molecule has 1 aliphatic rings. The Morgan fingerprint density at radius 3 is 3.00 bits per heavy atom. The third kappa shape index (κ3) is 2.48. The van der Waals surface area contributed by atoms with Gasteiger partial charge in [-0.25, -0.2) is 0 Å². The van der Waals surface area contributed by atoms with Crippen molar-refractivity contribution in [2.24, 2.45) is 5.92 Å². The zero-order chi connectivity index (χ0) is 13.9. The minimum absolute atomic E-state index is 0.721. The molecule has 106 valence electrons.